The lowest BCUT2D eigenvalue weighted by molar-refractivity contribution is 0.794. The fraction of sp³-hybridized carbons (Fsp3) is 0.100. The molecule has 15 heavy (non-hydrogen) atoms. The van der Waals surface area contributed by atoms with Crippen molar-refractivity contribution in [3.05, 3.63) is 47.3 Å². The summed E-state index contributed by atoms with van der Waals surface area (Å²) in [4.78, 5) is 20.5. The second-order valence-electron chi connectivity index (χ2n) is 2.93. The minimum absolute atomic E-state index is 0.0840. The van der Waals surface area contributed by atoms with Crippen molar-refractivity contribution in [2.24, 2.45) is 7.05 Å². The maximum absolute atomic E-state index is 11.6. The van der Waals surface area contributed by atoms with Gasteiger partial charge in [-0.15, -0.1) is 0 Å². The van der Waals surface area contributed by atoms with Crippen LogP contribution in [-0.2, 0) is 7.05 Å². The Morgan fingerprint density at radius 2 is 2.00 bits per heavy atom. The fourth-order valence-corrected chi connectivity index (χ4v) is 1.89. The lowest BCUT2D eigenvalue weighted by Crippen LogP contribution is -2.18. The summed E-state index contributed by atoms with van der Waals surface area (Å²) in [6.07, 6.45) is 6.63. The normalized spacial score (nSPS) is 10.2. The molecule has 0 bridgehead atoms. The zero-order valence-electron chi connectivity index (χ0n) is 8.12. The van der Waals surface area contributed by atoms with E-state index in [1.165, 1.54) is 16.3 Å². The lowest BCUT2D eigenvalue weighted by atomic mass is 10.5. The summed E-state index contributed by atoms with van der Waals surface area (Å²) >= 11 is 1.34. The van der Waals surface area contributed by atoms with E-state index in [9.17, 15) is 4.79 Å². The van der Waals surface area contributed by atoms with E-state index in [2.05, 4.69) is 9.97 Å². The summed E-state index contributed by atoms with van der Waals surface area (Å²) < 4.78 is 1.51. The van der Waals surface area contributed by atoms with E-state index in [0.717, 1.165) is 4.90 Å². The number of nitrogens with zero attached hydrogens (tertiary/aromatic N) is 3. The van der Waals surface area contributed by atoms with Gasteiger partial charge in [0.1, 0.15) is 0 Å². The third-order valence-electron chi connectivity index (χ3n) is 1.85. The van der Waals surface area contributed by atoms with E-state index in [-0.39, 0.29) is 5.56 Å². The molecule has 2 heterocycles. The molecule has 0 radical (unpaired) electrons. The van der Waals surface area contributed by atoms with Crippen LogP contribution in [0.5, 0.6) is 0 Å². The van der Waals surface area contributed by atoms with E-state index < -0.39 is 0 Å². The van der Waals surface area contributed by atoms with Gasteiger partial charge in [0.25, 0.3) is 5.56 Å². The van der Waals surface area contributed by atoms with E-state index in [0.29, 0.717) is 5.03 Å². The molecule has 2 aromatic rings. The molecule has 0 amide bonds. The minimum atomic E-state index is -0.0840. The second-order valence-corrected chi connectivity index (χ2v) is 4.00. The zero-order chi connectivity index (χ0) is 10.7. The molecular weight excluding hydrogens is 210 g/mol. The number of hydrogen-bond donors (Lipinski definition) is 0. The van der Waals surface area contributed by atoms with Gasteiger partial charge in [0.15, 0.2) is 5.03 Å². The molecule has 0 aliphatic rings. The van der Waals surface area contributed by atoms with E-state index >= 15 is 0 Å². The number of aromatic nitrogens is 3. The highest BCUT2D eigenvalue weighted by atomic mass is 32.2. The lowest BCUT2D eigenvalue weighted by Gasteiger charge is -2.01. The quantitative estimate of drug-likeness (QED) is 0.764. The molecule has 0 aliphatic heterocycles. The summed E-state index contributed by atoms with van der Waals surface area (Å²) in [6.45, 7) is 0. The second kappa shape index (κ2) is 4.27. The van der Waals surface area contributed by atoms with Gasteiger partial charge in [0, 0.05) is 36.7 Å². The average molecular weight is 219 g/mol. The van der Waals surface area contributed by atoms with Gasteiger partial charge in [0.2, 0.25) is 0 Å². The van der Waals surface area contributed by atoms with Crippen LogP contribution >= 0.6 is 11.8 Å². The van der Waals surface area contributed by atoms with Crippen molar-refractivity contribution in [2.45, 2.75) is 9.92 Å². The van der Waals surface area contributed by atoms with Gasteiger partial charge in [-0.3, -0.25) is 9.78 Å². The Balaban J connectivity index is 2.33. The smallest absolute Gasteiger partial charge is 0.283 e. The maximum Gasteiger partial charge on any atom is 0.283 e. The van der Waals surface area contributed by atoms with Gasteiger partial charge in [-0.2, -0.15) is 0 Å². The monoisotopic (exact) mass is 219 g/mol. The molecule has 4 nitrogen and oxygen atoms in total. The minimum Gasteiger partial charge on any atom is -0.315 e. The van der Waals surface area contributed by atoms with Gasteiger partial charge < -0.3 is 4.57 Å². The van der Waals surface area contributed by atoms with Crippen molar-refractivity contribution in [2.75, 3.05) is 0 Å². The summed E-state index contributed by atoms with van der Waals surface area (Å²) in [5.74, 6) is 0. The predicted molar refractivity (Wildman–Crippen MR) is 57.8 cm³/mol. The number of rotatable bonds is 2. The van der Waals surface area contributed by atoms with Crippen molar-refractivity contribution in [3.63, 3.8) is 0 Å². The third-order valence-corrected chi connectivity index (χ3v) is 2.83. The Kier molecular flexibility index (Phi) is 2.82. The third kappa shape index (κ3) is 2.24. The van der Waals surface area contributed by atoms with Crippen LogP contribution in [0.3, 0.4) is 0 Å². The first-order chi connectivity index (χ1) is 7.27. The highest BCUT2D eigenvalue weighted by Crippen LogP contribution is 2.21. The Labute approximate surface area is 91.0 Å². The van der Waals surface area contributed by atoms with Gasteiger partial charge in [-0.05, 0) is 12.1 Å². The van der Waals surface area contributed by atoms with Crippen molar-refractivity contribution in [3.8, 4) is 0 Å². The number of aryl methyl sites for hydroxylation is 1. The molecule has 2 aromatic heterocycles. The molecular formula is C10H9N3OS. The van der Waals surface area contributed by atoms with Crippen LogP contribution in [0.15, 0.2) is 51.6 Å². The van der Waals surface area contributed by atoms with Crippen LogP contribution in [0.1, 0.15) is 0 Å². The summed E-state index contributed by atoms with van der Waals surface area (Å²) in [6, 6.07) is 3.69. The summed E-state index contributed by atoms with van der Waals surface area (Å²) in [5, 5.41) is 0.478. The van der Waals surface area contributed by atoms with Crippen molar-refractivity contribution in [1.29, 1.82) is 0 Å². The molecule has 0 aromatic carbocycles. The predicted octanol–water partition coefficient (Wildman–Crippen LogP) is 1.33. The number of hydrogen-bond acceptors (Lipinski definition) is 4. The van der Waals surface area contributed by atoms with E-state index in [1.54, 1.807) is 31.8 Å². The molecule has 5 heteroatoms. The highest BCUT2D eigenvalue weighted by Gasteiger charge is 2.04. The van der Waals surface area contributed by atoms with Crippen molar-refractivity contribution < 1.29 is 0 Å². The van der Waals surface area contributed by atoms with Crippen molar-refractivity contribution >= 4 is 11.8 Å². The molecule has 0 N–H and O–H groups in total. The standard InChI is InChI=1S/C10H9N3OS/c1-13-7-6-12-9(10(13)14)15-8-2-4-11-5-3-8/h2-7H,1H3. The molecule has 76 valence electrons. The van der Waals surface area contributed by atoms with Crippen LogP contribution in [0.25, 0.3) is 0 Å². The summed E-state index contributed by atoms with van der Waals surface area (Å²) in [7, 11) is 1.71. The van der Waals surface area contributed by atoms with Crippen molar-refractivity contribution in [1.82, 2.24) is 14.5 Å². The molecule has 0 fully saturated rings. The molecule has 0 saturated heterocycles. The van der Waals surface area contributed by atoms with Crippen LogP contribution in [0.4, 0.5) is 0 Å². The molecule has 0 saturated carbocycles. The topological polar surface area (TPSA) is 47.8 Å². The first-order valence-corrected chi connectivity index (χ1v) is 5.18. The Bertz CT molecular complexity index is 510. The van der Waals surface area contributed by atoms with Gasteiger partial charge >= 0.3 is 0 Å². The van der Waals surface area contributed by atoms with Crippen LogP contribution < -0.4 is 5.56 Å². The Hall–Kier alpha value is -1.62. The Morgan fingerprint density at radius 1 is 1.27 bits per heavy atom. The fourth-order valence-electron chi connectivity index (χ4n) is 1.06. The van der Waals surface area contributed by atoms with Gasteiger partial charge in [0.05, 0.1) is 0 Å². The van der Waals surface area contributed by atoms with E-state index in [1.807, 2.05) is 12.1 Å². The summed E-state index contributed by atoms with van der Waals surface area (Å²) in [5.41, 5.74) is -0.0840. The van der Waals surface area contributed by atoms with E-state index in [4.69, 9.17) is 0 Å². The molecule has 0 atom stereocenters. The van der Waals surface area contributed by atoms with Gasteiger partial charge in [-0.25, -0.2) is 4.98 Å². The van der Waals surface area contributed by atoms with Crippen LogP contribution in [0.2, 0.25) is 0 Å². The van der Waals surface area contributed by atoms with Gasteiger partial charge in [-0.1, -0.05) is 11.8 Å². The molecule has 0 aliphatic carbocycles. The molecule has 2 rings (SSSR count). The highest BCUT2D eigenvalue weighted by molar-refractivity contribution is 7.99. The molecule has 0 spiro atoms. The first kappa shape index (κ1) is 9.92. The number of pyridine rings is 1. The zero-order valence-corrected chi connectivity index (χ0v) is 8.94. The SMILES string of the molecule is Cn1ccnc(Sc2ccncc2)c1=O. The Morgan fingerprint density at radius 3 is 2.73 bits per heavy atom. The molecule has 0 unspecified atom stereocenters. The average Bonchev–Trinajstić information content (AvgIpc) is 2.26. The largest absolute Gasteiger partial charge is 0.315 e. The van der Waals surface area contributed by atoms with Crippen LogP contribution in [0, 0.1) is 0 Å². The van der Waals surface area contributed by atoms with Crippen LogP contribution in [-0.4, -0.2) is 14.5 Å². The maximum atomic E-state index is 11.6. The first-order valence-electron chi connectivity index (χ1n) is 4.37.